The largest absolute Gasteiger partial charge is 0.318 e. The molecule has 1 fully saturated rings. The number of nitrogens with zero attached hydrogens (tertiary/aromatic N) is 4. The van der Waals surface area contributed by atoms with E-state index in [0.29, 0.717) is 0 Å². The minimum atomic E-state index is 0.0287. The smallest absolute Gasteiger partial charge is 0.266 e. The van der Waals surface area contributed by atoms with Gasteiger partial charge in [0.1, 0.15) is 0 Å². The SMILES string of the molecule is Cc1cc(/C=C2/SC(=NC(C)C)N(C(C)C)C2=O)c(C)n1-c1ccc2ncccc2c1. The fourth-order valence-corrected chi connectivity index (χ4v) is 5.15. The maximum atomic E-state index is 13.1. The summed E-state index contributed by atoms with van der Waals surface area (Å²) >= 11 is 1.47. The van der Waals surface area contributed by atoms with E-state index in [4.69, 9.17) is 0 Å². The van der Waals surface area contributed by atoms with Crippen molar-refractivity contribution in [2.75, 3.05) is 0 Å². The number of rotatable bonds is 4. The van der Waals surface area contributed by atoms with Gasteiger partial charge >= 0.3 is 0 Å². The van der Waals surface area contributed by atoms with Crippen molar-refractivity contribution < 1.29 is 4.79 Å². The van der Waals surface area contributed by atoms with Crippen molar-refractivity contribution in [1.29, 1.82) is 0 Å². The Bertz CT molecular complexity index is 1220. The van der Waals surface area contributed by atoms with Crippen molar-refractivity contribution in [2.24, 2.45) is 4.99 Å². The van der Waals surface area contributed by atoms with E-state index in [2.05, 4.69) is 52.7 Å². The van der Waals surface area contributed by atoms with Gasteiger partial charge in [0.2, 0.25) is 0 Å². The van der Waals surface area contributed by atoms with E-state index in [0.717, 1.165) is 43.6 Å². The van der Waals surface area contributed by atoms with Gasteiger partial charge in [-0.25, -0.2) is 0 Å². The van der Waals surface area contributed by atoms with Crippen molar-refractivity contribution in [2.45, 2.75) is 53.6 Å². The summed E-state index contributed by atoms with van der Waals surface area (Å²) in [5, 5.41) is 1.90. The number of aliphatic imine (C=N–C) groups is 1. The van der Waals surface area contributed by atoms with Gasteiger partial charge in [0.05, 0.1) is 10.4 Å². The maximum Gasteiger partial charge on any atom is 0.266 e. The Morgan fingerprint density at radius 3 is 2.58 bits per heavy atom. The quantitative estimate of drug-likeness (QED) is 0.495. The fourth-order valence-electron chi connectivity index (χ4n) is 3.93. The molecule has 0 saturated carbocycles. The molecule has 160 valence electrons. The fraction of sp³-hybridized carbons (Fsp3) is 0.320. The van der Waals surface area contributed by atoms with Crippen LogP contribution in [-0.4, -0.2) is 37.6 Å². The van der Waals surface area contributed by atoms with Gasteiger partial charge in [-0.1, -0.05) is 6.07 Å². The number of pyridine rings is 1. The summed E-state index contributed by atoms with van der Waals surface area (Å²) < 4.78 is 2.23. The molecule has 0 radical (unpaired) electrons. The zero-order valence-corrected chi connectivity index (χ0v) is 19.7. The number of benzene rings is 1. The van der Waals surface area contributed by atoms with Crippen LogP contribution in [0.25, 0.3) is 22.7 Å². The number of amidine groups is 1. The van der Waals surface area contributed by atoms with E-state index >= 15 is 0 Å². The first-order valence-electron chi connectivity index (χ1n) is 10.6. The molecular weight excluding hydrogens is 404 g/mol. The highest BCUT2D eigenvalue weighted by Gasteiger charge is 2.35. The van der Waals surface area contributed by atoms with Crippen LogP contribution >= 0.6 is 11.8 Å². The van der Waals surface area contributed by atoms with E-state index in [1.807, 2.05) is 52.1 Å². The molecule has 0 N–H and O–H groups in total. The second-order valence-corrected chi connectivity index (χ2v) is 9.44. The molecule has 0 atom stereocenters. The maximum absolute atomic E-state index is 13.1. The first-order valence-corrected chi connectivity index (χ1v) is 11.4. The lowest BCUT2D eigenvalue weighted by Gasteiger charge is -2.20. The number of carbonyl (C=O) groups excluding carboxylic acids is 1. The number of amides is 1. The zero-order chi connectivity index (χ0) is 22.3. The number of carbonyl (C=O) groups is 1. The van der Waals surface area contributed by atoms with Gasteiger partial charge in [-0.05, 0) is 95.3 Å². The number of hydrogen-bond donors (Lipinski definition) is 0. The van der Waals surface area contributed by atoms with Gasteiger partial charge < -0.3 is 4.57 Å². The number of aryl methyl sites for hydroxylation is 1. The van der Waals surface area contributed by atoms with Crippen LogP contribution in [0.3, 0.4) is 0 Å². The summed E-state index contributed by atoms with van der Waals surface area (Å²) in [5.74, 6) is 0.0287. The van der Waals surface area contributed by atoms with Gasteiger partial charge in [-0.3, -0.25) is 19.7 Å². The third-order valence-electron chi connectivity index (χ3n) is 5.32. The summed E-state index contributed by atoms with van der Waals surface area (Å²) in [6, 6.07) is 12.7. The number of aromatic nitrogens is 2. The Morgan fingerprint density at radius 1 is 1.10 bits per heavy atom. The molecule has 1 aliphatic rings. The monoisotopic (exact) mass is 432 g/mol. The van der Waals surface area contributed by atoms with Crippen LogP contribution in [0.2, 0.25) is 0 Å². The molecule has 3 heterocycles. The molecule has 1 saturated heterocycles. The highest BCUT2D eigenvalue weighted by Crippen LogP contribution is 2.35. The summed E-state index contributed by atoms with van der Waals surface area (Å²) in [5.41, 5.74) is 5.35. The highest BCUT2D eigenvalue weighted by molar-refractivity contribution is 8.18. The Morgan fingerprint density at radius 2 is 1.87 bits per heavy atom. The van der Waals surface area contributed by atoms with Gasteiger partial charge in [-0.15, -0.1) is 0 Å². The Balaban J connectivity index is 1.75. The Kier molecular flexibility index (Phi) is 5.75. The van der Waals surface area contributed by atoms with Crippen LogP contribution in [0.5, 0.6) is 0 Å². The first-order chi connectivity index (χ1) is 14.8. The molecule has 1 amide bonds. The van der Waals surface area contributed by atoms with E-state index < -0.39 is 0 Å². The van der Waals surface area contributed by atoms with Gasteiger partial charge in [0.15, 0.2) is 5.17 Å². The molecule has 0 bridgehead atoms. The summed E-state index contributed by atoms with van der Waals surface area (Å²) in [4.78, 5) is 24.7. The summed E-state index contributed by atoms with van der Waals surface area (Å²) in [6.45, 7) is 12.3. The lowest BCUT2D eigenvalue weighted by molar-refractivity contribution is -0.123. The van der Waals surface area contributed by atoms with Crippen LogP contribution in [0, 0.1) is 13.8 Å². The van der Waals surface area contributed by atoms with Crippen LogP contribution in [0.4, 0.5) is 0 Å². The average molecular weight is 433 g/mol. The summed E-state index contributed by atoms with van der Waals surface area (Å²) in [7, 11) is 0. The molecule has 0 spiro atoms. The van der Waals surface area contributed by atoms with Gasteiger partial charge in [0.25, 0.3) is 5.91 Å². The second-order valence-electron chi connectivity index (χ2n) is 8.43. The van der Waals surface area contributed by atoms with Crippen LogP contribution in [0.1, 0.15) is 44.6 Å². The minimum Gasteiger partial charge on any atom is -0.318 e. The summed E-state index contributed by atoms with van der Waals surface area (Å²) in [6.07, 6.45) is 3.82. The molecule has 2 aromatic heterocycles. The van der Waals surface area contributed by atoms with Crippen molar-refractivity contribution >= 4 is 39.8 Å². The van der Waals surface area contributed by atoms with E-state index in [9.17, 15) is 4.79 Å². The molecule has 0 aliphatic carbocycles. The zero-order valence-electron chi connectivity index (χ0n) is 18.9. The predicted octanol–water partition coefficient (Wildman–Crippen LogP) is 5.73. The van der Waals surface area contributed by atoms with Crippen molar-refractivity contribution in [3.63, 3.8) is 0 Å². The second kappa shape index (κ2) is 8.35. The van der Waals surface area contributed by atoms with Crippen LogP contribution < -0.4 is 0 Å². The van der Waals surface area contributed by atoms with Crippen LogP contribution in [0.15, 0.2) is 52.5 Å². The molecule has 0 unspecified atom stereocenters. The number of thioether (sulfide) groups is 1. The van der Waals surface area contributed by atoms with Crippen molar-refractivity contribution in [3.8, 4) is 5.69 Å². The van der Waals surface area contributed by atoms with Gasteiger partial charge in [-0.2, -0.15) is 0 Å². The molecule has 5 nitrogen and oxygen atoms in total. The Labute approximate surface area is 187 Å². The van der Waals surface area contributed by atoms with E-state index in [-0.39, 0.29) is 18.0 Å². The van der Waals surface area contributed by atoms with Gasteiger partial charge in [0, 0.05) is 40.7 Å². The molecule has 3 aromatic rings. The molecule has 6 heteroatoms. The normalized spacial score (nSPS) is 17.3. The van der Waals surface area contributed by atoms with Crippen molar-refractivity contribution in [3.05, 3.63) is 64.5 Å². The van der Waals surface area contributed by atoms with E-state index in [1.165, 1.54) is 11.8 Å². The molecule has 1 aliphatic heterocycles. The number of hydrogen-bond acceptors (Lipinski definition) is 4. The highest BCUT2D eigenvalue weighted by atomic mass is 32.2. The molecule has 4 rings (SSSR count). The topological polar surface area (TPSA) is 50.5 Å². The number of fused-ring (bicyclic) bond motifs is 1. The predicted molar refractivity (Wildman–Crippen MR) is 131 cm³/mol. The first kappa shape index (κ1) is 21.4. The molecule has 1 aromatic carbocycles. The average Bonchev–Trinajstić information content (AvgIpc) is 3.16. The van der Waals surface area contributed by atoms with Crippen molar-refractivity contribution in [1.82, 2.24) is 14.5 Å². The lowest BCUT2D eigenvalue weighted by atomic mass is 10.2. The minimum absolute atomic E-state index is 0.0287. The van der Waals surface area contributed by atoms with E-state index in [1.54, 1.807) is 4.90 Å². The standard InChI is InChI=1S/C25H28N4OS/c1-15(2)27-25-28(16(3)4)24(30)23(31-25)14-20-12-17(5)29(18(20)6)21-9-10-22-19(13-21)8-7-11-26-22/h7-16H,1-6H3/b23-14+,27-25?. The third kappa shape index (κ3) is 4.04. The molecule has 31 heavy (non-hydrogen) atoms. The lowest BCUT2D eigenvalue weighted by Crippen LogP contribution is -2.35. The molecular formula is C25H28N4OS. The third-order valence-corrected chi connectivity index (χ3v) is 6.32. The van der Waals surface area contributed by atoms with Crippen LogP contribution in [-0.2, 0) is 4.79 Å². The Hall–Kier alpha value is -2.86.